The third-order valence-electron chi connectivity index (χ3n) is 3.97. The van der Waals surface area contributed by atoms with Crippen LogP contribution in [-0.4, -0.2) is 25.8 Å². The van der Waals surface area contributed by atoms with Crippen LogP contribution in [0.3, 0.4) is 0 Å². The molecule has 0 spiro atoms. The Morgan fingerprint density at radius 3 is 2.50 bits per heavy atom. The summed E-state index contributed by atoms with van der Waals surface area (Å²) < 4.78 is 0. The van der Waals surface area contributed by atoms with Gasteiger partial charge in [0, 0.05) is 11.9 Å². The Bertz CT molecular complexity index is 1020. The number of aryl methyl sites for hydroxylation is 2. The molecule has 0 atom stereocenters. The van der Waals surface area contributed by atoms with Crippen molar-refractivity contribution in [1.29, 1.82) is 0 Å². The maximum atomic E-state index is 12.1. The fourth-order valence-electron chi connectivity index (χ4n) is 2.37. The first-order valence-electron chi connectivity index (χ1n) is 8.27. The van der Waals surface area contributed by atoms with Gasteiger partial charge in [-0.2, -0.15) is 0 Å². The van der Waals surface area contributed by atoms with E-state index in [-0.39, 0.29) is 17.3 Å². The first-order valence-corrected chi connectivity index (χ1v) is 8.27. The summed E-state index contributed by atoms with van der Waals surface area (Å²) in [5.41, 5.74) is 7.34. The van der Waals surface area contributed by atoms with Crippen molar-refractivity contribution in [3.8, 4) is 0 Å². The molecule has 28 heavy (non-hydrogen) atoms. The molecule has 0 saturated heterocycles. The van der Waals surface area contributed by atoms with E-state index >= 15 is 0 Å². The van der Waals surface area contributed by atoms with Gasteiger partial charge in [0.2, 0.25) is 11.6 Å². The highest BCUT2D eigenvalue weighted by Crippen LogP contribution is 2.31. The average molecular weight is 379 g/mol. The average Bonchev–Trinajstić information content (AvgIpc) is 2.69. The molecule has 0 unspecified atom stereocenters. The number of hydrogen-bond acceptors (Lipinski definition) is 8. The van der Waals surface area contributed by atoms with Crippen molar-refractivity contribution in [3.05, 3.63) is 75.9 Å². The molecule has 0 radical (unpaired) electrons. The summed E-state index contributed by atoms with van der Waals surface area (Å²) in [5, 5.41) is 14.5. The van der Waals surface area contributed by atoms with E-state index in [9.17, 15) is 14.9 Å². The van der Waals surface area contributed by atoms with Crippen LogP contribution in [0.25, 0.3) is 0 Å². The number of carbonyl (C=O) groups excluding carboxylic acids is 1. The van der Waals surface area contributed by atoms with E-state index in [1.165, 1.54) is 12.3 Å². The van der Waals surface area contributed by atoms with E-state index in [0.29, 0.717) is 5.69 Å². The van der Waals surface area contributed by atoms with E-state index in [1.54, 1.807) is 18.2 Å². The number of hydrazine groups is 1. The molecule has 2 aromatic heterocycles. The van der Waals surface area contributed by atoms with Gasteiger partial charge in [-0.25, -0.2) is 9.97 Å². The highest BCUT2D eigenvalue weighted by molar-refractivity contribution is 5.93. The maximum absolute atomic E-state index is 12.1. The summed E-state index contributed by atoms with van der Waals surface area (Å²) in [4.78, 5) is 34.8. The number of nitrogens with zero attached hydrogens (tertiary/aromatic N) is 4. The molecule has 0 aliphatic heterocycles. The molecule has 10 nitrogen and oxygen atoms in total. The molecule has 1 aromatic carbocycles. The number of nitro groups is 1. The van der Waals surface area contributed by atoms with E-state index in [1.807, 2.05) is 26.0 Å². The van der Waals surface area contributed by atoms with Crippen LogP contribution in [0.4, 0.5) is 23.0 Å². The van der Waals surface area contributed by atoms with Crippen LogP contribution in [0.5, 0.6) is 0 Å². The lowest BCUT2D eigenvalue weighted by atomic mass is 10.1. The Morgan fingerprint density at radius 2 is 1.82 bits per heavy atom. The first-order chi connectivity index (χ1) is 13.5. The second kappa shape index (κ2) is 8.08. The van der Waals surface area contributed by atoms with Crippen molar-refractivity contribution in [2.45, 2.75) is 13.8 Å². The zero-order valence-electron chi connectivity index (χ0n) is 15.1. The van der Waals surface area contributed by atoms with Gasteiger partial charge in [-0.3, -0.25) is 30.7 Å². The minimum Gasteiger partial charge on any atom is -0.334 e. The fraction of sp³-hybridized carbons (Fsp3) is 0.111. The Morgan fingerprint density at radius 1 is 1.04 bits per heavy atom. The molecule has 0 fully saturated rings. The summed E-state index contributed by atoms with van der Waals surface area (Å²) in [5.74, 6) is -0.717. The highest BCUT2D eigenvalue weighted by Gasteiger charge is 2.24. The second-order valence-corrected chi connectivity index (χ2v) is 5.89. The van der Waals surface area contributed by atoms with E-state index in [2.05, 4.69) is 31.1 Å². The van der Waals surface area contributed by atoms with Crippen molar-refractivity contribution in [1.82, 2.24) is 20.4 Å². The number of carbonyl (C=O) groups is 1. The molecule has 0 saturated carbocycles. The molecule has 2 heterocycles. The van der Waals surface area contributed by atoms with E-state index in [0.717, 1.165) is 17.5 Å². The SMILES string of the molecule is Cc1ccc(Nc2ncnc(NNC(=O)c3ccccn3)c2[N+](=O)[O-])cc1C. The number of aromatic nitrogens is 3. The quantitative estimate of drug-likeness (QED) is 0.439. The van der Waals surface area contributed by atoms with Gasteiger partial charge in [-0.15, -0.1) is 0 Å². The van der Waals surface area contributed by atoms with Crippen LogP contribution in [0.15, 0.2) is 48.9 Å². The molecule has 3 aromatic rings. The maximum Gasteiger partial charge on any atom is 0.355 e. The predicted molar refractivity (Wildman–Crippen MR) is 103 cm³/mol. The molecule has 1 amide bonds. The van der Waals surface area contributed by atoms with Crippen LogP contribution in [0.1, 0.15) is 21.6 Å². The monoisotopic (exact) mass is 379 g/mol. The minimum absolute atomic E-state index is 0.00200. The van der Waals surface area contributed by atoms with Gasteiger partial charge in [-0.05, 0) is 49.2 Å². The summed E-state index contributed by atoms with van der Waals surface area (Å²) in [6, 6.07) is 10.4. The molecular formula is C18H17N7O3. The Balaban J connectivity index is 1.84. The van der Waals surface area contributed by atoms with Crippen LogP contribution in [0.2, 0.25) is 0 Å². The fourth-order valence-corrected chi connectivity index (χ4v) is 2.37. The van der Waals surface area contributed by atoms with Crippen molar-refractivity contribution in [3.63, 3.8) is 0 Å². The van der Waals surface area contributed by atoms with Gasteiger partial charge < -0.3 is 5.32 Å². The largest absolute Gasteiger partial charge is 0.355 e. The minimum atomic E-state index is -0.626. The number of benzene rings is 1. The molecular weight excluding hydrogens is 362 g/mol. The zero-order chi connectivity index (χ0) is 20.1. The lowest BCUT2D eigenvalue weighted by molar-refractivity contribution is -0.383. The summed E-state index contributed by atoms with van der Waals surface area (Å²) in [6.45, 7) is 3.91. The van der Waals surface area contributed by atoms with Gasteiger partial charge in [0.1, 0.15) is 12.0 Å². The molecule has 142 valence electrons. The number of anilines is 3. The predicted octanol–water partition coefficient (Wildman–Crippen LogP) is 2.90. The van der Waals surface area contributed by atoms with E-state index < -0.39 is 16.5 Å². The number of rotatable bonds is 6. The van der Waals surface area contributed by atoms with Gasteiger partial charge >= 0.3 is 5.69 Å². The third-order valence-corrected chi connectivity index (χ3v) is 3.97. The van der Waals surface area contributed by atoms with Crippen molar-refractivity contribution >= 4 is 28.9 Å². The molecule has 0 bridgehead atoms. The van der Waals surface area contributed by atoms with Gasteiger partial charge in [0.05, 0.1) is 4.92 Å². The van der Waals surface area contributed by atoms with Crippen molar-refractivity contribution in [2.24, 2.45) is 0 Å². The van der Waals surface area contributed by atoms with Crippen molar-refractivity contribution < 1.29 is 9.72 Å². The number of nitrogens with one attached hydrogen (secondary N) is 3. The highest BCUT2D eigenvalue weighted by atomic mass is 16.6. The smallest absolute Gasteiger partial charge is 0.334 e. The van der Waals surface area contributed by atoms with Crippen LogP contribution in [0, 0.1) is 24.0 Å². The molecule has 3 N–H and O–H groups in total. The van der Waals surface area contributed by atoms with Crippen LogP contribution < -0.4 is 16.2 Å². The summed E-state index contributed by atoms with van der Waals surface area (Å²) in [7, 11) is 0. The second-order valence-electron chi connectivity index (χ2n) is 5.89. The first kappa shape index (κ1) is 18.7. The topological polar surface area (TPSA) is 135 Å². The molecule has 0 aliphatic rings. The molecule has 10 heteroatoms. The molecule has 3 rings (SSSR count). The van der Waals surface area contributed by atoms with Gasteiger partial charge in [-0.1, -0.05) is 12.1 Å². The third kappa shape index (κ3) is 4.18. The van der Waals surface area contributed by atoms with Gasteiger partial charge in [0.15, 0.2) is 0 Å². The molecule has 0 aliphatic carbocycles. The van der Waals surface area contributed by atoms with Gasteiger partial charge in [0.25, 0.3) is 5.91 Å². The Kier molecular flexibility index (Phi) is 5.40. The number of amides is 1. The zero-order valence-corrected chi connectivity index (χ0v) is 15.1. The lowest BCUT2D eigenvalue weighted by Crippen LogP contribution is -2.31. The standard InChI is InChI=1S/C18H17N7O3/c1-11-6-7-13(9-12(11)2)22-16-15(25(27)28)17(21-10-20-16)23-24-18(26)14-5-3-4-8-19-14/h3-10H,1-2H3,(H,24,26)(H2,20,21,22,23). The van der Waals surface area contributed by atoms with Crippen LogP contribution in [-0.2, 0) is 0 Å². The lowest BCUT2D eigenvalue weighted by Gasteiger charge is -2.11. The Hall–Kier alpha value is -4.08. The van der Waals surface area contributed by atoms with Crippen LogP contribution >= 0.6 is 0 Å². The van der Waals surface area contributed by atoms with Crippen molar-refractivity contribution in [2.75, 3.05) is 10.7 Å². The summed E-state index contributed by atoms with van der Waals surface area (Å²) >= 11 is 0. The Labute approximate surface area is 160 Å². The summed E-state index contributed by atoms with van der Waals surface area (Å²) in [6.07, 6.45) is 2.62. The number of pyridine rings is 1. The normalized spacial score (nSPS) is 10.2. The van der Waals surface area contributed by atoms with E-state index in [4.69, 9.17) is 0 Å². The number of hydrogen-bond donors (Lipinski definition) is 3.